The summed E-state index contributed by atoms with van der Waals surface area (Å²) in [5.41, 5.74) is -1.04. The van der Waals surface area contributed by atoms with Gasteiger partial charge in [0.15, 0.2) is 24.3 Å². The maximum atomic E-state index is 14.5. The minimum atomic E-state index is -2.10. The fraction of sp³-hybridized carbons (Fsp3) is 0.429. The molecule has 3 aliphatic heterocycles. The van der Waals surface area contributed by atoms with Crippen LogP contribution < -0.4 is 14.9 Å². The number of benzene rings is 3. The van der Waals surface area contributed by atoms with E-state index in [1.54, 1.807) is 0 Å². The summed E-state index contributed by atoms with van der Waals surface area (Å²) < 4.78 is 46.0. The molecule has 13 N–H and O–H groups in total. The number of carbonyl (C=O) groups is 1. The van der Waals surface area contributed by atoms with Gasteiger partial charge in [0.25, 0.3) is 0 Å². The maximum absolute atomic E-state index is 14.5. The molecule has 4 heterocycles. The van der Waals surface area contributed by atoms with E-state index in [1.165, 1.54) is 54.6 Å². The molecule has 3 saturated heterocycles. The van der Waals surface area contributed by atoms with Crippen LogP contribution in [-0.2, 0) is 28.5 Å². The highest BCUT2D eigenvalue weighted by Gasteiger charge is 2.53. The number of hydrogen-bond acceptors (Lipinski definition) is 23. The molecule has 23 heteroatoms. The first-order valence-corrected chi connectivity index (χ1v) is 19.9. The molecule has 3 aliphatic rings. The highest BCUT2D eigenvalue weighted by molar-refractivity contribution is 5.88. The zero-order valence-electron chi connectivity index (χ0n) is 33.6. The number of hydrogen-bond donors (Lipinski definition) is 13. The third-order valence-electron chi connectivity index (χ3n) is 10.9. The summed E-state index contributed by atoms with van der Waals surface area (Å²) in [6.45, 7) is -2.63. The molecule has 0 spiro atoms. The highest BCUT2D eigenvalue weighted by atomic mass is 16.8. The van der Waals surface area contributed by atoms with Gasteiger partial charge in [-0.3, -0.25) is 4.79 Å². The summed E-state index contributed by atoms with van der Waals surface area (Å²) >= 11 is 0. The molecule has 7 rings (SSSR count). The minimum absolute atomic E-state index is 0.0370. The molecule has 0 aliphatic carbocycles. The number of rotatable bonds is 13. The van der Waals surface area contributed by atoms with E-state index in [1.807, 2.05) is 0 Å². The number of phenols is 3. The topological polar surface area (TPSA) is 375 Å². The molecule has 65 heavy (non-hydrogen) atoms. The number of aliphatic hydroxyl groups excluding tert-OH is 10. The number of ether oxygens (including phenoxy) is 7. The summed E-state index contributed by atoms with van der Waals surface area (Å²) in [5.74, 6) is -3.71. The van der Waals surface area contributed by atoms with Gasteiger partial charge >= 0.3 is 5.97 Å². The van der Waals surface area contributed by atoms with Crippen molar-refractivity contribution >= 4 is 23.0 Å². The molecule has 0 amide bonds. The van der Waals surface area contributed by atoms with Crippen molar-refractivity contribution in [2.45, 2.75) is 92.1 Å². The second kappa shape index (κ2) is 19.9. The van der Waals surface area contributed by atoms with Gasteiger partial charge in [-0.25, -0.2) is 4.79 Å². The second-order valence-electron chi connectivity index (χ2n) is 15.2. The van der Waals surface area contributed by atoms with Crippen LogP contribution in [0.4, 0.5) is 0 Å². The molecule has 0 saturated carbocycles. The van der Waals surface area contributed by atoms with Gasteiger partial charge in [0.1, 0.15) is 95.0 Å². The maximum Gasteiger partial charge on any atom is 0.331 e. The molecule has 352 valence electrons. The number of esters is 1. The van der Waals surface area contributed by atoms with E-state index in [-0.39, 0.29) is 22.8 Å². The molecule has 0 unspecified atom stereocenters. The fourth-order valence-electron chi connectivity index (χ4n) is 7.32. The third-order valence-corrected chi connectivity index (χ3v) is 10.9. The van der Waals surface area contributed by atoms with Crippen molar-refractivity contribution in [3.63, 3.8) is 0 Å². The zero-order chi connectivity index (χ0) is 46.9. The second-order valence-corrected chi connectivity index (χ2v) is 15.2. The lowest BCUT2D eigenvalue weighted by Crippen LogP contribution is -2.65. The summed E-state index contributed by atoms with van der Waals surface area (Å²) in [6, 6.07) is 12.6. The van der Waals surface area contributed by atoms with Crippen LogP contribution in [0.15, 0.2) is 76.0 Å². The Morgan fingerprint density at radius 3 is 1.75 bits per heavy atom. The molecule has 3 aromatic carbocycles. The molecular formula is C42H46O23. The van der Waals surface area contributed by atoms with Gasteiger partial charge in [0.2, 0.25) is 23.8 Å². The van der Waals surface area contributed by atoms with Crippen molar-refractivity contribution in [2.24, 2.45) is 0 Å². The first kappa shape index (κ1) is 47.5. The Bertz CT molecular complexity index is 2350. The quantitative estimate of drug-likeness (QED) is 0.0470. The van der Waals surface area contributed by atoms with Gasteiger partial charge in [-0.05, 0) is 48.0 Å². The lowest BCUT2D eigenvalue weighted by Gasteiger charge is -2.46. The monoisotopic (exact) mass is 918 g/mol. The molecule has 0 bridgehead atoms. The van der Waals surface area contributed by atoms with Gasteiger partial charge < -0.3 is 104 Å². The van der Waals surface area contributed by atoms with Crippen LogP contribution in [0.2, 0.25) is 0 Å². The Hall–Kier alpha value is -5.48. The van der Waals surface area contributed by atoms with Crippen LogP contribution >= 0.6 is 0 Å². The van der Waals surface area contributed by atoms with Crippen molar-refractivity contribution < 1.29 is 109 Å². The number of aliphatic hydroxyl groups is 10. The normalized spacial score (nSPS) is 32.9. The Morgan fingerprint density at radius 2 is 1.15 bits per heavy atom. The van der Waals surface area contributed by atoms with Gasteiger partial charge in [0.05, 0.1) is 19.8 Å². The SMILES string of the molecule is O=C(/C=C/c1ccc(O)cc1)O[C@H]1[C@H](O[C@H]2[C@H](Oc3c(-c4ccc(O)cc4)oc4cc(O[C@@H]5O[C@H](CO)[C@@H](O)[C@H](O)[C@H]5O)cc(O)c4c3=O)O[C@H](CO)[C@@H](O)[C@@H]2O)O[C@H](CO)[C@@H](O)[C@@H]1O. The van der Waals surface area contributed by atoms with Crippen LogP contribution in [0.3, 0.4) is 0 Å². The lowest BCUT2D eigenvalue weighted by molar-refractivity contribution is -0.358. The minimum Gasteiger partial charge on any atom is -0.508 e. The van der Waals surface area contributed by atoms with Crippen molar-refractivity contribution in [1.29, 1.82) is 0 Å². The first-order valence-electron chi connectivity index (χ1n) is 19.9. The van der Waals surface area contributed by atoms with Crippen LogP contribution in [0, 0.1) is 0 Å². The van der Waals surface area contributed by atoms with Crippen molar-refractivity contribution in [3.05, 3.63) is 82.5 Å². The summed E-state index contributed by atoms with van der Waals surface area (Å²) in [4.78, 5) is 27.5. The fourth-order valence-corrected chi connectivity index (χ4v) is 7.32. The molecule has 23 nitrogen and oxygen atoms in total. The largest absolute Gasteiger partial charge is 0.508 e. The van der Waals surface area contributed by atoms with Crippen LogP contribution in [0.25, 0.3) is 28.4 Å². The van der Waals surface area contributed by atoms with E-state index in [4.69, 9.17) is 37.6 Å². The van der Waals surface area contributed by atoms with Crippen molar-refractivity contribution in [1.82, 2.24) is 0 Å². The highest BCUT2D eigenvalue weighted by Crippen LogP contribution is 2.39. The Labute approximate surface area is 365 Å². The smallest absolute Gasteiger partial charge is 0.331 e. The molecular weight excluding hydrogens is 872 g/mol. The predicted molar refractivity (Wildman–Crippen MR) is 214 cm³/mol. The molecule has 4 aromatic rings. The van der Waals surface area contributed by atoms with E-state index in [0.29, 0.717) is 5.56 Å². The van der Waals surface area contributed by atoms with E-state index >= 15 is 0 Å². The average molecular weight is 919 g/mol. The first-order chi connectivity index (χ1) is 31.0. The van der Waals surface area contributed by atoms with Crippen LogP contribution in [0.5, 0.6) is 28.7 Å². The van der Waals surface area contributed by atoms with E-state index in [9.17, 15) is 76.0 Å². The number of carbonyl (C=O) groups excluding carboxylic acids is 1. The van der Waals surface area contributed by atoms with Crippen LogP contribution in [-0.4, -0.2) is 184 Å². The number of aromatic hydroxyl groups is 3. The van der Waals surface area contributed by atoms with Gasteiger partial charge in [-0.1, -0.05) is 12.1 Å². The summed E-state index contributed by atoms with van der Waals surface area (Å²) in [7, 11) is 0. The van der Waals surface area contributed by atoms with Crippen molar-refractivity contribution in [3.8, 4) is 40.1 Å². The molecule has 0 radical (unpaired) electrons. The standard InChI is InChI=1S/C42H46O23/c43-13-23-28(50)32(54)35(57)40(60-23)58-20-11-21(48)27-22(12-20)59-36(17-4-8-19(47)9-5-17)37(31(27)53)64-42-39(34(56)30(52)25(15-45)62-42)65-41-38(33(55)29(51)24(14-44)61-41)63-26(49)10-3-16-1-6-18(46)7-2-16/h1-12,23-25,28-30,32-35,38-48,50-52,54-57H,13-15H2/b10-3+/t23-,24-,25-,28-,29-,30-,32+,33+,34+,35-,38-,39-,40-,41+,42+/m1/s1. The van der Waals surface area contributed by atoms with Crippen molar-refractivity contribution in [2.75, 3.05) is 19.8 Å². The molecule has 15 atom stereocenters. The Morgan fingerprint density at radius 1 is 0.615 bits per heavy atom. The average Bonchev–Trinajstić information content (AvgIpc) is 3.29. The van der Waals surface area contributed by atoms with Gasteiger partial charge in [-0.15, -0.1) is 0 Å². The number of phenolic OH excluding ortho intramolecular Hbond substituents is 3. The van der Waals surface area contributed by atoms with Gasteiger partial charge in [0, 0.05) is 23.8 Å². The summed E-state index contributed by atoms with van der Waals surface area (Å²) in [5, 5.41) is 135. The van der Waals surface area contributed by atoms with Crippen LogP contribution in [0.1, 0.15) is 5.56 Å². The third kappa shape index (κ3) is 9.89. The lowest BCUT2D eigenvalue weighted by atomic mass is 9.97. The van der Waals surface area contributed by atoms with E-state index in [2.05, 4.69) is 0 Å². The Balaban J connectivity index is 1.25. The van der Waals surface area contributed by atoms with E-state index < -0.39 is 152 Å². The predicted octanol–water partition coefficient (Wildman–Crippen LogP) is -2.98. The zero-order valence-corrected chi connectivity index (χ0v) is 33.6. The molecule has 1 aromatic heterocycles. The number of fused-ring (bicyclic) bond motifs is 1. The van der Waals surface area contributed by atoms with E-state index in [0.717, 1.165) is 18.2 Å². The van der Waals surface area contributed by atoms with Gasteiger partial charge in [-0.2, -0.15) is 0 Å². The molecule has 3 fully saturated rings. The Kier molecular flexibility index (Phi) is 14.6. The summed E-state index contributed by atoms with van der Waals surface area (Å²) in [6.07, 6.45) is -25.4.